The Hall–Kier alpha value is -1.64. The van der Waals surface area contributed by atoms with Crippen molar-refractivity contribution in [3.63, 3.8) is 0 Å². The number of allylic oxidation sites excluding steroid dienone is 1. The number of nitriles is 1. The van der Waals surface area contributed by atoms with Crippen LogP contribution in [-0.4, -0.2) is 22.3 Å². The predicted molar refractivity (Wildman–Crippen MR) is 116 cm³/mol. The van der Waals surface area contributed by atoms with Crippen LogP contribution >= 0.6 is 11.3 Å². The van der Waals surface area contributed by atoms with E-state index in [4.69, 9.17) is 5.11 Å². The number of rotatable bonds is 10. The van der Waals surface area contributed by atoms with Gasteiger partial charge in [-0.2, -0.15) is 5.26 Å². The zero-order valence-electron chi connectivity index (χ0n) is 17.3. The smallest absolute Gasteiger partial charge is 0.345 e. The van der Waals surface area contributed by atoms with E-state index in [0.29, 0.717) is 17.2 Å². The fourth-order valence-electron chi connectivity index (χ4n) is 5.22. The number of aromatic carboxylic acids is 1. The first-order valence-corrected chi connectivity index (χ1v) is 11.9. The molecule has 1 aromatic rings. The second kappa shape index (κ2) is 9.91. The molecule has 0 amide bonds. The van der Waals surface area contributed by atoms with Crippen molar-refractivity contribution in [1.29, 1.82) is 5.26 Å². The van der Waals surface area contributed by atoms with Gasteiger partial charge in [-0.05, 0) is 87.2 Å². The Kier molecular flexibility index (Phi) is 7.54. The van der Waals surface area contributed by atoms with E-state index in [1.54, 1.807) is 6.07 Å². The van der Waals surface area contributed by atoms with Crippen LogP contribution in [0.5, 0.6) is 0 Å². The van der Waals surface area contributed by atoms with E-state index >= 15 is 0 Å². The fraction of sp³-hybridized carbons (Fsp3) is 0.667. The molecule has 29 heavy (non-hydrogen) atoms. The maximum absolute atomic E-state index is 11.0. The predicted octanol–water partition coefficient (Wildman–Crippen LogP) is 5.82. The molecule has 1 aromatic heterocycles. The lowest BCUT2D eigenvalue weighted by molar-refractivity contribution is -0.0355. The van der Waals surface area contributed by atoms with Crippen molar-refractivity contribution in [2.24, 2.45) is 23.2 Å². The number of hydrogen-bond acceptors (Lipinski definition) is 4. The Morgan fingerprint density at radius 2 is 2.21 bits per heavy atom. The van der Waals surface area contributed by atoms with Gasteiger partial charge in [-0.1, -0.05) is 25.5 Å². The van der Waals surface area contributed by atoms with Crippen molar-refractivity contribution in [2.75, 3.05) is 0 Å². The first-order valence-electron chi connectivity index (χ1n) is 11.1. The standard InChI is InChI=1S/C24H33NO3S/c1-2-24(14-5-15-24)22(26)9-4-8-20-17(10-11-18(20)16-25)6-3-7-19-12-13-21(29-19)23(27)28/h4,8,12-13,17-18,20,22,26H,2-3,5-7,9-11,14-15H2,1H3,(H,27,28)/b8-4+/t17-,18?,20?,22?/m0/s1. The van der Waals surface area contributed by atoms with E-state index in [2.05, 4.69) is 25.1 Å². The number of carboxylic acids is 1. The van der Waals surface area contributed by atoms with Crippen molar-refractivity contribution in [2.45, 2.75) is 77.2 Å². The molecule has 4 nitrogen and oxygen atoms in total. The van der Waals surface area contributed by atoms with E-state index in [0.717, 1.165) is 56.2 Å². The summed E-state index contributed by atoms with van der Waals surface area (Å²) < 4.78 is 0. The number of thiophene rings is 1. The van der Waals surface area contributed by atoms with Gasteiger partial charge in [-0.25, -0.2) is 4.79 Å². The summed E-state index contributed by atoms with van der Waals surface area (Å²) in [6.07, 6.45) is 14.4. The summed E-state index contributed by atoms with van der Waals surface area (Å²) in [4.78, 5) is 12.5. The van der Waals surface area contributed by atoms with Crippen LogP contribution in [-0.2, 0) is 6.42 Å². The van der Waals surface area contributed by atoms with Gasteiger partial charge in [0.15, 0.2) is 0 Å². The van der Waals surface area contributed by atoms with Crippen LogP contribution in [0.2, 0.25) is 0 Å². The lowest BCUT2D eigenvalue weighted by Gasteiger charge is -2.45. The summed E-state index contributed by atoms with van der Waals surface area (Å²) in [5, 5.41) is 29.2. The van der Waals surface area contributed by atoms with E-state index in [-0.39, 0.29) is 23.4 Å². The number of nitrogens with zero attached hydrogens (tertiary/aromatic N) is 1. The summed E-state index contributed by atoms with van der Waals surface area (Å²) in [7, 11) is 0. The average molecular weight is 416 g/mol. The molecule has 3 rings (SSSR count). The molecule has 2 aliphatic rings. The normalized spacial score (nSPS) is 26.9. The van der Waals surface area contributed by atoms with E-state index < -0.39 is 5.97 Å². The molecule has 0 aliphatic heterocycles. The Morgan fingerprint density at radius 1 is 1.41 bits per heavy atom. The highest BCUT2D eigenvalue weighted by molar-refractivity contribution is 7.13. The summed E-state index contributed by atoms with van der Waals surface area (Å²) >= 11 is 1.36. The van der Waals surface area contributed by atoms with Gasteiger partial charge in [-0.3, -0.25) is 0 Å². The molecule has 1 heterocycles. The van der Waals surface area contributed by atoms with Gasteiger partial charge in [0.05, 0.1) is 18.1 Å². The van der Waals surface area contributed by atoms with Crippen LogP contribution in [0.25, 0.3) is 0 Å². The Bertz CT molecular complexity index is 753. The highest BCUT2D eigenvalue weighted by Crippen LogP contribution is 2.48. The zero-order valence-corrected chi connectivity index (χ0v) is 18.2. The molecule has 0 bridgehead atoms. The molecule has 0 aromatic carbocycles. The second-order valence-corrected chi connectivity index (χ2v) is 10.0. The maximum Gasteiger partial charge on any atom is 0.345 e. The Morgan fingerprint density at radius 3 is 2.79 bits per heavy atom. The van der Waals surface area contributed by atoms with Gasteiger partial charge >= 0.3 is 5.97 Å². The molecule has 3 unspecified atom stereocenters. The molecule has 2 N–H and O–H groups in total. The van der Waals surface area contributed by atoms with Crippen molar-refractivity contribution < 1.29 is 15.0 Å². The van der Waals surface area contributed by atoms with Crippen LogP contribution < -0.4 is 0 Å². The highest BCUT2D eigenvalue weighted by Gasteiger charge is 2.41. The molecule has 0 radical (unpaired) electrons. The Balaban J connectivity index is 1.51. The van der Waals surface area contributed by atoms with Gasteiger partial charge in [-0.15, -0.1) is 11.3 Å². The van der Waals surface area contributed by atoms with Gasteiger partial charge in [0.25, 0.3) is 0 Å². The molecule has 2 fully saturated rings. The minimum Gasteiger partial charge on any atom is -0.477 e. The number of carboxylic acid groups (broad SMARTS) is 1. The molecule has 4 atom stereocenters. The summed E-state index contributed by atoms with van der Waals surface area (Å²) in [5.74, 6) is 0.0190. The molecule has 0 spiro atoms. The Labute approximate surface area is 178 Å². The molecule has 2 saturated carbocycles. The topological polar surface area (TPSA) is 81.3 Å². The summed E-state index contributed by atoms with van der Waals surface area (Å²) in [6.45, 7) is 2.18. The van der Waals surface area contributed by atoms with Crippen LogP contribution in [0, 0.1) is 34.5 Å². The van der Waals surface area contributed by atoms with E-state index in [1.807, 2.05) is 6.07 Å². The first kappa shape index (κ1) is 22.1. The van der Waals surface area contributed by atoms with Crippen molar-refractivity contribution >= 4 is 17.3 Å². The lowest BCUT2D eigenvalue weighted by atomic mass is 9.63. The SMILES string of the molecule is CCC1(C(O)C/C=C/C2C(C#N)CC[C@@H]2CCCc2ccc(C(=O)O)s2)CCC1. The molecule has 0 saturated heterocycles. The van der Waals surface area contributed by atoms with Gasteiger partial charge in [0, 0.05) is 4.88 Å². The minimum absolute atomic E-state index is 0.0811. The largest absolute Gasteiger partial charge is 0.477 e. The molecular formula is C24H33NO3S. The fourth-order valence-corrected chi connectivity index (χ4v) is 6.11. The third-order valence-corrected chi connectivity index (χ3v) is 8.50. The second-order valence-electron chi connectivity index (χ2n) is 8.86. The van der Waals surface area contributed by atoms with E-state index in [9.17, 15) is 15.2 Å². The quantitative estimate of drug-likeness (QED) is 0.472. The number of aliphatic hydroxyl groups excluding tert-OH is 1. The number of aliphatic hydroxyl groups is 1. The first-order chi connectivity index (χ1) is 14.0. The van der Waals surface area contributed by atoms with Crippen molar-refractivity contribution in [3.05, 3.63) is 34.0 Å². The van der Waals surface area contributed by atoms with Crippen LogP contribution in [0.4, 0.5) is 0 Å². The summed E-state index contributed by atoms with van der Waals surface area (Å²) in [6, 6.07) is 6.10. The van der Waals surface area contributed by atoms with Crippen molar-refractivity contribution in [3.8, 4) is 6.07 Å². The molecular weight excluding hydrogens is 382 g/mol. The minimum atomic E-state index is -0.854. The highest BCUT2D eigenvalue weighted by atomic mass is 32.1. The average Bonchev–Trinajstić information content (AvgIpc) is 3.29. The number of hydrogen-bond donors (Lipinski definition) is 2. The lowest BCUT2D eigenvalue weighted by Crippen LogP contribution is -2.40. The molecule has 5 heteroatoms. The van der Waals surface area contributed by atoms with Crippen molar-refractivity contribution in [1.82, 2.24) is 0 Å². The molecule has 2 aliphatic carbocycles. The third kappa shape index (κ3) is 5.10. The number of aryl methyl sites for hydroxylation is 1. The summed E-state index contributed by atoms with van der Waals surface area (Å²) in [5.41, 5.74) is 0.129. The van der Waals surface area contributed by atoms with Gasteiger partial charge in [0.1, 0.15) is 4.88 Å². The third-order valence-electron chi connectivity index (χ3n) is 7.37. The zero-order chi connectivity index (χ0) is 20.9. The van der Waals surface area contributed by atoms with Crippen LogP contribution in [0.1, 0.15) is 79.3 Å². The van der Waals surface area contributed by atoms with E-state index in [1.165, 1.54) is 17.8 Å². The number of carbonyl (C=O) groups is 1. The van der Waals surface area contributed by atoms with Gasteiger partial charge in [0.2, 0.25) is 0 Å². The van der Waals surface area contributed by atoms with Crippen LogP contribution in [0.15, 0.2) is 24.3 Å². The van der Waals surface area contributed by atoms with Crippen LogP contribution in [0.3, 0.4) is 0 Å². The molecule has 158 valence electrons. The monoisotopic (exact) mass is 415 g/mol. The maximum atomic E-state index is 11.0. The van der Waals surface area contributed by atoms with Gasteiger partial charge < -0.3 is 10.2 Å².